The second kappa shape index (κ2) is 5.50. The first-order chi connectivity index (χ1) is 3.93. The van der Waals surface area contributed by atoms with Crippen molar-refractivity contribution in [2.45, 2.75) is 5.05 Å². The van der Waals surface area contributed by atoms with Crippen LogP contribution in [0.25, 0.3) is 0 Å². The minimum absolute atomic E-state index is 0. The van der Waals surface area contributed by atoms with E-state index in [0.717, 1.165) is 0 Å². The Morgan fingerprint density at radius 3 is 2.00 bits per heavy atom. The third-order valence-electron chi connectivity index (χ3n) is 1.25. The number of benzene rings is 1. The summed E-state index contributed by atoms with van der Waals surface area (Å²) in [7, 11) is 0. The van der Waals surface area contributed by atoms with Gasteiger partial charge in [0.2, 0.25) is 0 Å². The molecule has 1 rings (SSSR count). The van der Waals surface area contributed by atoms with Gasteiger partial charge in [0.05, 0.1) is 0 Å². The molecule has 0 spiro atoms. The van der Waals surface area contributed by atoms with Gasteiger partial charge in [-0.3, -0.25) is 0 Å². The lowest BCUT2D eigenvalue weighted by molar-refractivity contribution is 1.77. The van der Waals surface area contributed by atoms with Crippen molar-refractivity contribution in [3.8, 4) is 0 Å². The van der Waals surface area contributed by atoms with Crippen LogP contribution in [0.2, 0.25) is 5.05 Å². The van der Waals surface area contributed by atoms with E-state index in [-0.39, 0.29) is 44.3 Å². The van der Waals surface area contributed by atoms with E-state index in [0.29, 0.717) is 0 Å². The molecular formula is C7H9IMg. The quantitative estimate of drug-likeness (QED) is 0.521. The van der Waals surface area contributed by atoms with E-state index >= 15 is 0 Å². The van der Waals surface area contributed by atoms with E-state index in [9.17, 15) is 0 Å². The minimum Gasteiger partial charge on any atom is -0.174 e. The predicted octanol–water partition coefficient (Wildman–Crippen LogP) is 1.68. The lowest BCUT2D eigenvalue weighted by Gasteiger charge is -1.88. The van der Waals surface area contributed by atoms with Gasteiger partial charge < -0.3 is 0 Å². The second-order valence-electron chi connectivity index (χ2n) is 1.84. The number of rotatable bonds is 1. The van der Waals surface area contributed by atoms with E-state index in [1.165, 1.54) is 0 Å². The fourth-order valence-electron chi connectivity index (χ4n) is 0.714. The van der Waals surface area contributed by atoms with Crippen LogP contribution in [0.4, 0.5) is 0 Å². The van der Waals surface area contributed by atoms with Crippen molar-refractivity contribution >= 4 is 48.0 Å². The largest absolute Gasteiger partial charge is 0.404 e. The highest BCUT2D eigenvalue weighted by molar-refractivity contribution is 14.0. The summed E-state index contributed by atoms with van der Waals surface area (Å²) in [6.07, 6.45) is 0. The van der Waals surface area contributed by atoms with Crippen LogP contribution in [0.3, 0.4) is 0 Å². The average molecular weight is 244 g/mol. The summed E-state index contributed by atoms with van der Waals surface area (Å²) in [6, 6.07) is 10.7. The van der Waals surface area contributed by atoms with Gasteiger partial charge in [0.15, 0.2) is 0 Å². The maximum absolute atomic E-state index is 2.30. The Kier molecular flexibility index (Phi) is 5.93. The van der Waals surface area contributed by atoms with E-state index < -0.39 is 0 Å². The Hall–Kier alpha value is 0.716. The number of halogens is 1. The van der Waals surface area contributed by atoms with Gasteiger partial charge in [-0.2, -0.15) is 3.69 Å². The van der Waals surface area contributed by atoms with Crippen LogP contribution in [0.5, 0.6) is 0 Å². The van der Waals surface area contributed by atoms with Crippen molar-refractivity contribution in [3.05, 3.63) is 30.3 Å². The summed E-state index contributed by atoms with van der Waals surface area (Å²) in [5.41, 5.74) is 0. The molecule has 0 N–H and O–H groups in total. The highest BCUT2D eigenvalue weighted by Crippen LogP contribution is 1.79. The van der Waals surface area contributed by atoms with Crippen LogP contribution in [0.15, 0.2) is 30.3 Å². The van der Waals surface area contributed by atoms with Gasteiger partial charge in [-0.05, 0) is 0 Å². The Balaban J connectivity index is 0.000000640. The van der Waals surface area contributed by atoms with Crippen LogP contribution in [-0.4, -0.2) is 20.4 Å². The lowest BCUT2D eigenvalue weighted by Crippen LogP contribution is -2.07. The van der Waals surface area contributed by atoms with Gasteiger partial charge in [0.25, 0.3) is 0 Å². The summed E-state index contributed by atoms with van der Waals surface area (Å²) in [5.74, 6) is 0. The molecule has 0 aliphatic heterocycles. The summed E-state index contributed by atoms with van der Waals surface area (Å²) in [6.45, 7) is 0. The molecule has 0 aliphatic carbocycles. The van der Waals surface area contributed by atoms with Crippen molar-refractivity contribution in [2.24, 2.45) is 0 Å². The average Bonchev–Trinajstić information content (AvgIpc) is 1.90. The van der Waals surface area contributed by atoms with Crippen molar-refractivity contribution in [2.75, 3.05) is 0 Å². The van der Waals surface area contributed by atoms with Crippen LogP contribution in [0.1, 0.15) is 0 Å². The fraction of sp³-hybridized carbons (Fsp3) is 0.143. The Labute approximate surface area is 82.8 Å². The molecule has 0 atom stereocenters. The van der Waals surface area contributed by atoms with Gasteiger partial charge in [-0.25, -0.2) is 0 Å². The van der Waals surface area contributed by atoms with Gasteiger partial charge in [-0.15, -0.1) is 29.0 Å². The summed E-state index contributed by atoms with van der Waals surface area (Å²) in [5, 5.41) is 2.30. The first-order valence-electron chi connectivity index (χ1n) is 2.97. The van der Waals surface area contributed by atoms with Gasteiger partial charge in [-0.1, -0.05) is 30.3 Å². The van der Waals surface area contributed by atoms with Gasteiger partial charge in [0.1, 0.15) is 0 Å². The molecule has 0 aromatic heterocycles. The molecule has 9 heavy (non-hydrogen) atoms. The zero-order valence-electron chi connectivity index (χ0n) is 5.50. The molecule has 0 heterocycles. The van der Waals surface area contributed by atoms with E-state index in [1.54, 1.807) is 3.69 Å². The van der Waals surface area contributed by atoms with E-state index in [1.807, 2.05) is 0 Å². The summed E-state index contributed by atoms with van der Waals surface area (Å²) in [4.78, 5) is 0. The first kappa shape index (κ1) is 9.72. The SMILES string of the molecule is I.[CH3][Mg][c]1ccccc1. The zero-order chi connectivity index (χ0) is 5.82. The topological polar surface area (TPSA) is 0 Å². The molecule has 0 saturated heterocycles. The van der Waals surface area contributed by atoms with E-state index in [4.69, 9.17) is 0 Å². The highest BCUT2D eigenvalue weighted by atomic mass is 127. The predicted molar refractivity (Wildman–Crippen MR) is 53.1 cm³/mol. The molecule has 2 heteroatoms. The van der Waals surface area contributed by atoms with Crippen LogP contribution in [0, 0.1) is 0 Å². The third-order valence-corrected chi connectivity index (χ3v) is 2.54. The van der Waals surface area contributed by atoms with E-state index in [2.05, 4.69) is 35.4 Å². The third kappa shape index (κ3) is 3.42. The number of hydrogen-bond acceptors (Lipinski definition) is 0. The van der Waals surface area contributed by atoms with Crippen molar-refractivity contribution in [1.82, 2.24) is 0 Å². The fourth-order valence-corrected chi connectivity index (χ4v) is 1.46. The number of hydrogen-bond donors (Lipinski definition) is 0. The second-order valence-corrected chi connectivity index (χ2v) is 3.36. The lowest BCUT2D eigenvalue weighted by atomic mass is 10.4. The molecule has 0 fully saturated rings. The van der Waals surface area contributed by atoms with Crippen LogP contribution in [-0.2, 0) is 0 Å². The van der Waals surface area contributed by atoms with Gasteiger partial charge in [0, 0.05) is 0 Å². The maximum atomic E-state index is 2.30. The molecule has 46 valence electrons. The maximum Gasteiger partial charge on any atom is 0.404 e. The Morgan fingerprint density at radius 1 is 1.11 bits per heavy atom. The van der Waals surface area contributed by atoms with Crippen LogP contribution >= 0.6 is 24.0 Å². The van der Waals surface area contributed by atoms with Gasteiger partial charge >= 0.3 is 20.4 Å². The highest BCUT2D eigenvalue weighted by Gasteiger charge is 1.85. The molecule has 0 unspecified atom stereocenters. The van der Waals surface area contributed by atoms with Crippen LogP contribution < -0.4 is 3.69 Å². The molecule has 0 saturated carbocycles. The molecule has 0 aliphatic rings. The smallest absolute Gasteiger partial charge is 0.174 e. The monoisotopic (exact) mass is 244 g/mol. The molecular weight excluding hydrogens is 235 g/mol. The normalized spacial score (nSPS) is 7.22. The van der Waals surface area contributed by atoms with Crippen molar-refractivity contribution in [3.63, 3.8) is 0 Å². The Bertz CT molecular complexity index is 150. The summed E-state index contributed by atoms with van der Waals surface area (Å²) < 4.78 is 1.55. The molecule has 1 aromatic carbocycles. The Morgan fingerprint density at radius 2 is 1.67 bits per heavy atom. The molecule has 1 aromatic rings. The molecule has 0 radical (unpaired) electrons. The molecule has 0 nitrogen and oxygen atoms in total. The first-order valence-corrected chi connectivity index (χ1v) is 5.09. The summed E-state index contributed by atoms with van der Waals surface area (Å²) >= 11 is 0.0913. The van der Waals surface area contributed by atoms with Crippen molar-refractivity contribution in [1.29, 1.82) is 0 Å². The standard InChI is InChI=1S/C6H5.CH3.HI.Mg/c1-2-4-6-5-3-1;;;/h1-5H;1H3;1H;. The van der Waals surface area contributed by atoms with Crippen molar-refractivity contribution < 1.29 is 0 Å². The minimum atomic E-state index is 0. The molecule has 0 amide bonds. The zero-order valence-corrected chi connectivity index (χ0v) is 9.25. The molecule has 0 bridgehead atoms.